The van der Waals surface area contributed by atoms with Gasteiger partial charge in [0.1, 0.15) is 16.2 Å². The maximum atomic E-state index is 12.7. The Kier molecular flexibility index (Phi) is 5.27. The summed E-state index contributed by atoms with van der Waals surface area (Å²) < 4.78 is 2.54. The largest absolute Gasteiger partial charge is 0.332 e. The van der Waals surface area contributed by atoms with Crippen molar-refractivity contribution in [1.29, 1.82) is 0 Å². The number of aryl methyl sites for hydroxylation is 3. The molecule has 0 radical (unpaired) electrons. The van der Waals surface area contributed by atoms with Gasteiger partial charge in [-0.25, -0.2) is 14.8 Å². The van der Waals surface area contributed by atoms with Crippen LogP contribution < -0.4 is 11.2 Å². The molecule has 136 valence electrons. The highest BCUT2D eigenvalue weighted by Crippen LogP contribution is 2.26. The van der Waals surface area contributed by atoms with E-state index in [1.807, 2.05) is 0 Å². The van der Waals surface area contributed by atoms with Gasteiger partial charge in [-0.1, -0.05) is 36.8 Å². The van der Waals surface area contributed by atoms with Crippen LogP contribution in [-0.2, 0) is 26.3 Å². The molecule has 0 unspecified atom stereocenters. The van der Waals surface area contributed by atoms with Crippen LogP contribution in [-0.4, -0.2) is 19.1 Å². The van der Waals surface area contributed by atoms with Gasteiger partial charge in [-0.2, -0.15) is 0 Å². The smallest absolute Gasteiger partial charge is 0.280 e. The van der Waals surface area contributed by atoms with Crippen LogP contribution in [0.3, 0.4) is 0 Å². The highest BCUT2D eigenvalue weighted by molar-refractivity contribution is 7.98. The van der Waals surface area contributed by atoms with Crippen molar-refractivity contribution in [2.45, 2.75) is 37.5 Å². The van der Waals surface area contributed by atoms with Gasteiger partial charge < -0.3 is 0 Å². The molecule has 0 spiro atoms. The van der Waals surface area contributed by atoms with Crippen molar-refractivity contribution in [2.24, 2.45) is 14.1 Å². The number of fused-ring (bicyclic) bond motifs is 1. The fraction of sp³-hybridized carbons (Fsp3) is 0.368. The molecule has 0 aliphatic rings. The molecule has 1 aromatic carbocycles. The second-order valence-corrected chi connectivity index (χ2v) is 7.34. The molecule has 6 nitrogen and oxygen atoms in total. The number of aromatic nitrogens is 4. The fourth-order valence-electron chi connectivity index (χ4n) is 2.75. The number of hydrogen-bond acceptors (Lipinski definition) is 5. The van der Waals surface area contributed by atoms with E-state index < -0.39 is 0 Å². The van der Waals surface area contributed by atoms with Crippen molar-refractivity contribution < 1.29 is 0 Å². The minimum absolute atomic E-state index is 0.349. The maximum Gasteiger partial charge on any atom is 0.332 e. The predicted octanol–water partition coefficient (Wildman–Crippen LogP) is 2.58. The third-order valence-corrected chi connectivity index (χ3v) is 5.33. The molecule has 0 saturated carbocycles. The van der Waals surface area contributed by atoms with Crippen molar-refractivity contribution in [2.75, 3.05) is 0 Å². The molecule has 7 heteroatoms. The zero-order valence-corrected chi connectivity index (χ0v) is 16.3. The lowest BCUT2D eigenvalue weighted by atomic mass is 10.2. The van der Waals surface area contributed by atoms with Crippen LogP contribution in [0, 0.1) is 6.92 Å². The quantitative estimate of drug-likeness (QED) is 0.510. The molecule has 2 aromatic heterocycles. The highest BCUT2D eigenvalue weighted by Gasteiger charge is 2.17. The van der Waals surface area contributed by atoms with Crippen LogP contribution in [0.2, 0.25) is 0 Å². The van der Waals surface area contributed by atoms with Gasteiger partial charge in [-0.3, -0.25) is 13.9 Å². The summed E-state index contributed by atoms with van der Waals surface area (Å²) in [6.45, 7) is 4.10. The Hall–Kier alpha value is -2.41. The lowest BCUT2D eigenvalue weighted by Gasteiger charge is -2.11. The van der Waals surface area contributed by atoms with E-state index in [2.05, 4.69) is 48.1 Å². The molecular formula is C19H22N4O2S. The van der Waals surface area contributed by atoms with E-state index in [0.29, 0.717) is 34.1 Å². The minimum atomic E-state index is -0.377. The summed E-state index contributed by atoms with van der Waals surface area (Å²) in [5, 5.41) is 1.04. The third kappa shape index (κ3) is 3.44. The molecular weight excluding hydrogens is 348 g/mol. The van der Waals surface area contributed by atoms with E-state index >= 15 is 0 Å². The second-order valence-electron chi connectivity index (χ2n) is 6.37. The first-order valence-corrected chi connectivity index (χ1v) is 9.56. The van der Waals surface area contributed by atoms with Crippen molar-refractivity contribution in [3.05, 3.63) is 62.1 Å². The number of nitrogens with zero attached hydrogens (tertiary/aromatic N) is 4. The van der Waals surface area contributed by atoms with E-state index in [9.17, 15) is 9.59 Å². The zero-order chi connectivity index (χ0) is 18.8. The maximum absolute atomic E-state index is 12.7. The molecule has 0 saturated heterocycles. The van der Waals surface area contributed by atoms with Gasteiger partial charge in [0.05, 0.1) is 0 Å². The minimum Gasteiger partial charge on any atom is -0.280 e. The molecule has 0 N–H and O–H groups in total. The van der Waals surface area contributed by atoms with Crippen LogP contribution in [0.1, 0.15) is 30.3 Å². The highest BCUT2D eigenvalue weighted by atomic mass is 32.2. The fourth-order valence-corrected chi connectivity index (χ4v) is 3.74. The van der Waals surface area contributed by atoms with Gasteiger partial charge >= 0.3 is 5.69 Å². The van der Waals surface area contributed by atoms with Gasteiger partial charge in [0.2, 0.25) is 0 Å². The molecule has 0 aliphatic heterocycles. The first-order chi connectivity index (χ1) is 12.4. The molecule has 3 rings (SSSR count). The molecule has 0 fully saturated rings. The molecule has 0 amide bonds. The van der Waals surface area contributed by atoms with Gasteiger partial charge in [0, 0.05) is 26.3 Å². The Morgan fingerprint density at radius 3 is 2.38 bits per heavy atom. The summed E-state index contributed by atoms with van der Waals surface area (Å²) in [7, 11) is 3.12. The monoisotopic (exact) mass is 370 g/mol. The molecule has 2 heterocycles. The zero-order valence-electron chi connectivity index (χ0n) is 15.4. The van der Waals surface area contributed by atoms with E-state index in [1.165, 1.54) is 28.9 Å². The average molecular weight is 370 g/mol. The Bertz CT molecular complexity index is 1070. The van der Waals surface area contributed by atoms with E-state index in [0.717, 1.165) is 16.6 Å². The standard InChI is InChI=1S/C19H22N4O2S/c1-5-6-14-20-16-15(18(24)23(4)19(25)22(16)3)17(21-14)26-11-13-9-7-12(2)8-10-13/h7-10H,5-6,11H2,1-4H3. The molecule has 26 heavy (non-hydrogen) atoms. The summed E-state index contributed by atoms with van der Waals surface area (Å²) in [4.78, 5) is 34.1. The van der Waals surface area contributed by atoms with Crippen LogP contribution in [0.25, 0.3) is 11.0 Å². The number of rotatable bonds is 5. The second kappa shape index (κ2) is 7.45. The van der Waals surface area contributed by atoms with E-state index in [1.54, 1.807) is 7.05 Å². The van der Waals surface area contributed by atoms with Gasteiger partial charge in [0.25, 0.3) is 5.56 Å². The lowest BCUT2D eigenvalue weighted by Crippen LogP contribution is -2.37. The SMILES string of the molecule is CCCc1nc(SCc2ccc(C)cc2)c2c(=O)n(C)c(=O)n(C)c2n1. The number of hydrogen-bond donors (Lipinski definition) is 0. The average Bonchev–Trinajstić information content (AvgIpc) is 2.64. The predicted molar refractivity (Wildman–Crippen MR) is 105 cm³/mol. The first kappa shape index (κ1) is 18.4. The molecule has 3 aromatic rings. The third-order valence-electron chi connectivity index (χ3n) is 4.28. The Balaban J connectivity index is 2.14. The van der Waals surface area contributed by atoms with Gasteiger partial charge in [-0.15, -0.1) is 11.8 Å². The molecule has 0 atom stereocenters. The van der Waals surface area contributed by atoms with Crippen LogP contribution >= 0.6 is 11.8 Å². The number of thioether (sulfide) groups is 1. The summed E-state index contributed by atoms with van der Waals surface area (Å²) in [6.07, 6.45) is 1.60. The Labute approximate surface area is 155 Å². The Morgan fingerprint density at radius 1 is 1.04 bits per heavy atom. The van der Waals surface area contributed by atoms with E-state index in [-0.39, 0.29) is 11.2 Å². The van der Waals surface area contributed by atoms with Gasteiger partial charge in [0.15, 0.2) is 5.65 Å². The van der Waals surface area contributed by atoms with E-state index in [4.69, 9.17) is 0 Å². The Morgan fingerprint density at radius 2 is 1.73 bits per heavy atom. The van der Waals surface area contributed by atoms with Crippen LogP contribution in [0.4, 0.5) is 0 Å². The summed E-state index contributed by atoms with van der Waals surface area (Å²) >= 11 is 1.51. The van der Waals surface area contributed by atoms with Crippen molar-refractivity contribution >= 4 is 22.8 Å². The van der Waals surface area contributed by atoms with Crippen LogP contribution in [0.15, 0.2) is 38.9 Å². The number of benzene rings is 1. The normalized spacial score (nSPS) is 11.2. The molecule has 0 aliphatic carbocycles. The van der Waals surface area contributed by atoms with Crippen molar-refractivity contribution in [1.82, 2.24) is 19.1 Å². The summed E-state index contributed by atoms with van der Waals surface area (Å²) in [5.74, 6) is 1.36. The van der Waals surface area contributed by atoms with Gasteiger partial charge in [-0.05, 0) is 18.9 Å². The first-order valence-electron chi connectivity index (χ1n) is 8.57. The van der Waals surface area contributed by atoms with Crippen molar-refractivity contribution in [3.63, 3.8) is 0 Å². The summed E-state index contributed by atoms with van der Waals surface area (Å²) in [6, 6.07) is 8.29. The topological polar surface area (TPSA) is 69.8 Å². The lowest BCUT2D eigenvalue weighted by molar-refractivity contribution is 0.696. The molecule has 0 bridgehead atoms. The van der Waals surface area contributed by atoms with Crippen molar-refractivity contribution in [3.8, 4) is 0 Å². The van der Waals surface area contributed by atoms with Crippen LogP contribution in [0.5, 0.6) is 0 Å². The summed E-state index contributed by atoms with van der Waals surface area (Å²) in [5.41, 5.74) is 2.05.